The van der Waals surface area contributed by atoms with Gasteiger partial charge in [-0.25, -0.2) is 0 Å². The van der Waals surface area contributed by atoms with Gasteiger partial charge in [-0.1, -0.05) is 24.3 Å². The van der Waals surface area contributed by atoms with Crippen molar-refractivity contribution in [2.75, 3.05) is 13.2 Å². The topological polar surface area (TPSA) is 66.9 Å². The van der Waals surface area contributed by atoms with E-state index in [-0.39, 0.29) is 43.0 Å². The van der Waals surface area contributed by atoms with Gasteiger partial charge in [0.05, 0.1) is 12.6 Å². The molecule has 3 atom stereocenters. The number of benzene rings is 1. The molecular formula is C21H26N2O4. The summed E-state index contributed by atoms with van der Waals surface area (Å²) in [5.74, 6) is -0.699. The standard InChI is InChI=1S/C21H26N2O4/c1-4-10-22(19(24)13-20(25)27-5-2)15-11-14(3)23-18(12-15)16-8-6-7-9-17(16)21(23)26/h4,6-9,14-15,18H,1,5,10-13H2,2-3H3/t14-,15?,18+/m0/s1. The van der Waals surface area contributed by atoms with E-state index < -0.39 is 5.97 Å². The zero-order chi connectivity index (χ0) is 19.6. The van der Waals surface area contributed by atoms with Crippen molar-refractivity contribution in [1.29, 1.82) is 0 Å². The Labute approximate surface area is 159 Å². The van der Waals surface area contributed by atoms with Crippen LogP contribution >= 0.6 is 0 Å². The minimum Gasteiger partial charge on any atom is -0.466 e. The number of nitrogens with zero attached hydrogens (tertiary/aromatic N) is 2. The normalized spacial score (nSPS) is 23.4. The largest absolute Gasteiger partial charge is 0.466 e. The second-order valence-corrected chi connectivity index (χ2v) is 7.11. The van der Waals surface area contributed by atoms with Gasteiger partial charge in [0.2, 0.25) is 5.91 Å². The molecule has 2 amide bonds. The van der Waals surface area contributed by atoms with E-state index in [1.54, 1.807) is 17.9 Å². The Morgan fingerprint density at radius 3 is 2.78 bits per heavy atom. The second-order valence-electron chi connectivity index (χ2n) is 7.11. The summed E-state index contributed by atoms with van der Waals surface area (Å²) in [6.45, 7) is 8.12. The lowest BCUT2D eigenvalue weighted by Crippen LogP contribution is -2.51. The van der Waals surface area contributed by atoms with E-state index in [0.29, 0.717) is 19.4 Å². The first-order valence-electron chi connectivity index (χ1n) is 9.45. The lowest BCUT2D eigenvalue weighted by atomic mass is 9.89. The molecule has 144 valence electrons. The predicted octanol–water partition coefficient (Wildman–Crippen LogP) is 2.70. The molecule has 2 heterocycles. The van der Waals surface area contributed by atoms with E-state index in [0.717, 1.165) is 11.1 Å². The Bertz CT molecular complexity index is 760. The molecule has 1 aromatic rings. The summed E-state index contributed by atoms with van der Waals surface area (Å²) in [6, 6.07) is 7.60. The highest BCUT2D eigenvalue weighted by molar-refractivity contribution is 5.99. The van der Waals surface area contributed by atoms with Gasteiger partial charge >= 0.3 is 5.97 Å². The minimum absolute atomic E-state index is 0.0105. The predicted molar refractivity (Wildman–Crippen MR) is 101 cm³/mol. The maximum atomic E-state index is 12.8. The molecule has 1 fully saturated rings. The quantitative estimate of drug-likeness (QED) is 0.439. The second kappa shape index (κ2) is 7.94. The van der Waals surface area contributed by atoms with Crippen LogP contribution in [0.15, 0.2) is 36.9 Å². The average Bonchev–Trinajstić information content (AvgIpc) is 2.93. The monoisotopic (exact) mass is 370 g/mol. The molecule has 1 saturated heterocycles. The van der Waals surface area contributed by atoms with Gasteiger partial charge in [0.15, 0.2) is 0 Å². The van der Waals surface area contributed by atoms with Gasteiger partial charge < -0.3 is 14.5 Å². The fourth-order valence-corrected chi connectivity index (χ4v) is 4.31. The molecule has 0 bridgehead atoms. The number of carbonyl (C=O) groups is 3. The molecule has 0 radical (unpaired) electrons. The molecular weight excluding hydrogens is 344 g/mol. The zero-order valence-corrected chi connectivity index (χ0v) is 15.9. The highest BCUT2D eigenvalue weighted by atomic mass is 16.5. The van der Waals surface area contributed by atoms with Crippen LogP contribution in [0.5, 0.6) is 0 Å². The molecule has 6 nitrogen and oxygen atoms in total. The Kier molecular flexibility index (Phi) is 5.63. The van der Waals surface area contributed by atoms with Crippen molar-refractivity contribution in [3.63, 3.8) is 0 Å². The van der Waals surface area contributed by atoms with Crippen LogP contribution in [-0.4, -0.2) is 52.8 Å². The zero-order valence-electron chi connectivity index (χ0n) is 15.9. The van der Waals surface area contributed by atoms with E-state index in [2.05, 4.69) is 6.58 Å². The lowest BCUT2D eigenvalue weighted by Gasteiger charge is -2.44. The van der Waals surface area contributed by atoms with Gasteiger partial charge in [-0.3, -0.25) is 14.4 Å². The van der Waals surface area contributed by atoms with Gasteiger partial charge in [-0.15, -0.1) is 6.58 Å². The summed E-state index contributed by atoms with van der Waals surface area (Å²) in [5.41, 5.74) is 1.78. The molecule has 2 aliphatic heterocycles. The molecule has 6 heteroatoms. The third-order valence-electron chi connectivity index (χ3n) is 5.39. The number of piperidine rings is 1. The van der Waals surface area contributed by atoms with E-state index in [4.69, 9.17) is 4.74 Å². The van der Waals surface area contributed by atoms with Crippen LogP contribution in [0.25, 0.3) is 0 Å². The summed E-state index contributed by atoms with van der Waals surface area (Å²) < 4.78 is 4.91. The first kappa shape index (κ1) is 19.1. The highest BCUT2D eigenvalue weighted by Crippen LogP contribution is 2.43. The molecule has 0 spiro atoms. The maximum Gasteiger partial charge on any atom is 0.315 e. The summed E-state index contributed by atoms with van der Waals surface area (Å²) >= 11 is 0. The third kappa shape index (κ3) is 3.61. The molecule has 0 N–H and O–H groups in total. The van der Waals surface area contributed by atoms with Crippen LogP contribution in [0.2, 0.25) is 0 Å². The lowest BCUT2D eigenvalue weighted by molar-refractivity contribution is -0.149. The fourth-order valence-electron chi connectivity index (χ4n) is 4.31. The number of ether oxygens (including phenoxy) is 1. The smallest absolute Gasteiger partial charge is 0.315 e. The average molecular weight is 370 g/mol. The van der Waals surface area contributed by atoms with Crippen molar-refractivity contribution in [1.82, 2.24) is 9.80 Å². The van der Waals surface area contributed by atoms with Crippen molar-refractivity contribution in [2.45, 2.75) is 51.2 Å². The maximum absolute atomic E-state index is 12.8. The van der Waals surface area contributed by atoms with Crippen molar-refractivity contribution in [2.24, 2.45) is 0 Å². The number of carbonyl (C=O) groups excluding carboxylic acids is 3. The first-order valence-corrected chi connectivity index (χ1v) is 9.45. The number of esters is 1. The van der Waals surface area contributed by atoms with Crippen LogP contribution in [0, 0.1) is 0 Å². The van der Waals surface area contributed by atoms with Crippen molar-refractivity contribution >= 4 is 17.8 Å². The summed E-state index contributed by atoms with van der Waals surface area (Å²) in [5, 5.41) is 0. The van der Waals surface area contributed by atoms with E-state index >= 15 is 0 Å². The van der Waals surface area contributed by atoms with Gasteiger partial charge in [0.1, 0.15) is 6.42 Å². The summed E-state index contributed by atoms with van der Waals surface area (Å²) in [4.78, 5) is 40.9. The number of fused-ring (bicyclic) bond motifs is 3. The molecule has 27 heavy (non-hydrogen) atoms. The van der Waals surface area contributed by atoms with Gasteiger partial charge in [-0.2, -0.15) is 0 Å². The van der Waals surface area contributed by atoms with Crippen LogP contribution < -0.4 is 0 Å². The molecule has 1 unspecified atom stereocenters. The van der Waals surface area contributed by atoms with Crippen LogP contribution in [0.4, 0.5) is 0 Å². The number of hydrogen-bond acceptors (Lipinski definition) is 4. The molecule has 1 aromatic carbocycles. The van der Waals surface area contributed by atoms with Crippen LogP contribution in [0.3, 0.4) is 0 Å². The third-order valence-corrected chi connectivity index (χ3v) is 5.39. The van der Waals surface area contributed by atoms with Gasteiger partial charge in [0, 0.05) is 24.2 Å². The van der Waals surface area contributed by atoms with E-state index in [1.807, 2.05) is 36.1 Å². The SMILES string of the molecule is C=CCN(C(=O)CC(=O)OCC)C1C[C@@H]2c3ccccc3C(=O)N2[C@@H](C)C1. The molecule has 0 saturated carbocycles. The first-order chi connectivity index (χ1) is 13.0. The summed E-state index contributed by atoms with van der Waals surface area (Å²) in [6.07, 6.45) is 2.75. The van der Waals surface area contributed by atoms with Crippen molar-refractivity contribution in [3.8, 4) is 0 Å². The number of hydrogen-bond donors (Lipinski definition) is 0. The Hall–Kier alpha value is -2.63. The molecule has 0 aromatic heterocycles. The van der Waals surface area contributed by atoms with Crippen LogP contribution in [0.1, 0.15) is 55.1 Å². The van der Waals surface area contributed by atoms with Crippen molar-refractivity contribution in [3.05, 3.63) is 48.0 Å². The van der Waals surface area contributed by atoms with E-state index in [9.17, 15) is 14.4 Å². The van der Waals surface area contributed by atoms with Gasteiger partial charge in [-0.05, 0) is 38.3 Å². The fraction of sp³-hybridized carbons (Fsp3) is 0.476. The van der Waals surface area contributed by atoms with Crippen molar-refractivity contribution < 1.29 is 19.1 Å². The Morgan fingerprint density at radius 2 is 2.07 bits per heavy atom. The number of amides is 2. The highest BCUT2D eigenvalue weighted by Gasteiger charge is 2.45. The Balaban J connectivity index is 1.82. The molecule has 3 rings (SSSR count). The molecule has 2 aliphatic rings. The van der Waals surface area contributed by atoms with Crippen LogP contribution in [-0.2, 0) is 14.3 Å². The number of rotatable bonds is 6. The summed E-state index contributed by atoms with van der Waals surface area (Å²) in [7, 11) is 0. The van der Waals surface area contributed by atoms with Gasteiger partial charge in [0.25, 0.3) is 5.91 Å². The minimum atomic E-state index is -0.511. The molecule has 0 aliphatic carbocycles. The Morgan fingerprint density at radius 1 is 1.33 bits per heavy atom. The van der Waals surface area contributed by atoms with E-state index in [1.165, 1.54) is 0 Å².